The maximum atomic E-state index is 13.5. The minimum Gasteiger partial charge on any atom is -0.379 e. The van der Waals surface area contributed by atoms with Gasteiger partial charge in [-0.05, 0) is 12.1 Å². The van der Waals surface area contributed by atoms with Crippen LogP contribution in [0.3, 0.4) is 0 Å². The maximum absolute atomic E-state index is 13.5. The van der Waals surface area contributed by atoms with Crippen LogP contribution in [0.2, 0.25) is 5.02 Å². The fourth-order valence-corrected chi connectivity index (χ4v) is 2.21. The van der Waals surface area contributed by atoms with Gasteiger partial charge in [0.25, 0.3) is 0 Å². The first-order valence-corrected chi connectivity index (χ1v) is 6.59. The summed E-state index contributed by atoms with van der Waals surface area (Å²) in [6.07, 6.45) is 0. The fraction of sp³-hybridized carbons (Fsp3) is 0.538. The highest BCUT2D eigenvalue weighted by molar-refractivity contribution is 6.31. The molecule has 20 heavy (non-hydrogen) atoms. The van der Waals surface area contributed by atoms with Crippen LogP contribution in [-0.2, 0) is 11.3 Å². The van der Waals surface area contributed by atoms with E-state index in [2.05, 4.69) is 10.2 Å². The normalized spacial score (nSPS) is 15.3. The van der Waals surface area contributed by atoms with Crippen LogP contribution >= 0.6 is 36.4 Å². The predicted molar refractivity (Wildman–Crippen MR) is 84.9 cm³/mol. The van der Waals surface area contributed by atoms with Crippen molar-refractivity contribution in [1.29, 1.82) is 0 Å². The van der Waals surface area contributed by atoms with Crippen LogP contribution in [0, 0.1) is 5.82 Å². The predicted octanol–water partition coefficient (Wildman–Crippen LogP) is 2.74. The molecule has 1 fully saturated rings. The maximum Gasteiger partial charge on any atom is 0.129 e. The van der Waals surface area contributed by atoms with Crippen LogP contribution in [0.25, 0.3) is 0 Å². The molecule has 116 valence electrons. The van der Waals surface area contributed by atoms with Gasteiger partial charge in [0.2, 0.25) is 0 Å². The van der Waals surface area contributed by atoms with Gasteiger partial charge in [-0.15, -0.1) is 24.8 Å². The molecule has 0 unspecified atom stereocenters. The molecule has 0 spiro atoms. The number of nitrogens with zero attached hydrogens (tertiary/aromatic N) is 1. The summed E-state index contributed by atoms with van der Waals surface area (Å²) < 4.78 is 18.8. The van der Waals surface area contributed by atoms with E-state index in [4.69, 9.17) is 16.3 Å². The third kappa shape index (κ3) is 6.12. The largest absolute Gasteiger partial charge is 0.379 e. The molecule has 1 heterocycles. The van der Waals surface area contributed by atoms with Crippen molar-refractivity contribution in [2.24, 2.45) is 0 Å². The van der Waals surface area contributed by atoms with Gasteiger partial charge in [0.05, 0.1) is 13.2 Å². The Kier molecular flexibility index (Phi) is 10.5. The quantitative estimate of drug-likeness (QED) is 0.831. The number of ether oxygens (including phenoxy) is 1. The summed E-state index contributed by atoms with van der Waals surface area (Å²) in [6.45, 7) is 5.80. The number of benzene rings is 1. The lowest BCUT2D eigenvalue weighted by molar-refractivity contribution is 0.0384. The standard InChI is InChI=1S/C13H18ClFN2O.2ClH/c14-12-2-1-3-13(15)11(12)10-16-4-5-17-6-8-18-9-7-17;;/h1-3,16H,4-10H2;2*1H. The van der Waals surface area contributed by atoms with Gasteiger partial charge >= 0.3 is 0 Å². The molecule has 1 aromatic carbocycles. The van der Waals surface area contributed by atoms with Gasteiger partial charge in [-0.1, -0.05) is 17.7 Å². The fourth-order valence-electron chi connectivity index (χ4n) is 1.98. The molecule has 0 radical (unpaired) electrons. The highest BCUT2D eigenvalue weighted by atomic mass is 35.5. The third-order valence-electron chi connectivity index (χ3n) is 3.07. The molecule has 7 heteroatoms. The van der Waals surface area contributed by atoms with E-state index >= 15 is 0 Å². The summed E-state index contributed by atoms with van der Waals surface area (Å²) in [6, 6.07) is 4.77. The molecule has 0 atom stereocenters. The molecule has 0 saturated carbocycles. The average molecular weight is 346 g/mol. The van der Waals surface area contributed by atoms with E-state index in [1.54, 1.807) is 12.1 Å². The topological polar surface area (TPSA) is 24.5 Å². The summed E-state index contributed by atoms with van der Waals surface area (Å²) in [5, 5.41) is 3.70. The number of halogens is 4. The van der Waals surface area contributed by atoms with Crippen LogP contribution in [0.4, 0.5) is 4.39 Å². The molecule has 0 aliphatic carbocycles. The first-order chi connectivity index (χ1) is 8.77. The molecule has 1 saturated heterocycles. The van der Waals surface area contributed by atoms with Gasteiger partial charge in [-0.25, -0.2) is 4.39 Å². The third-order valence-corrected chi connectivity index (χ3v) is 3.43. The highest BCUT2D eigenvalue weighted by Crippen LogP contribution is 2.18. The van der Waals surface area contributed by atoms with Crippen molar-refractivity contribution >= 4 is 36.4 Å². The molecule has 3 nitrogen and oxygen atoms in total. The van der Waals surface area contributed by atoms with Gasteiger partial charge in [0.1, 0.15) is 5.82 Å². The van der Waals surface area contributed by atoms with Crippen molar-refractivity contribution in [2.75, 3.05) is 39.4 Å². The van der Waals surface area contributed by atoms with Gasteiger partial charge in [0, 0.05) is 43.3 Å². The van der Waals surface area contributed by atoms with Crippen LogP contribution < -0.4 is 5.32 Å². The molecule has 1 aromatic rings. The minimum absolute atomic E-state index is 0. The second kappa shape index (κ2) is 10.6. The van der Waals surface area contributed by atoms with E-state index in [-0.39, 0.29) is 30.6 Å². The molecular formula is C13H20Cl3FN2O. The van der Waals surface area contributed by atoms with Crippen LogP contribution in [-0.4, -0.2) is 44.3 Å². The van der Waals surface area contributed by atoms with E-state index in [0.29, 0.717) is 17.1 Å². The lowest BCUT2D eigenvalue weighted by atomic mass is 10.2. The second-order valence-corrected chi connectivity index (χ2v) is 4.74. The minimum atomic E-state index is -0.249. The SMILES string of the molecule is Cl.Cl.Fc1cccc(Cl)c1CNCCN1CCOCC1. The first kappa shape index (κ1) is 19.9. The lowest BCUT2D eigenvalue weighted by Crippen LogP contribution is -2.40. The van der Waals surface area contributed by atoms with Crippen molar-refractivity contribution in [2.45, 2.75) is 6.54 Å². The number of hydrogen-bond donors (Lipinski definition) is 1. The Morgan fingerprint density at radius 1 is 1.25 bits per heavy atom. The smallest absolute Gasteiger partial charge is 0.129 e. The van der Waals surface area contributed by atoms with E-state index in [9.17, 15) is 4.39 Å². The van der Waals surface area contributed by atoms with Crippen molar-refractivity contribution in [1.82, 2.24) is 10.2 Å². The molecule has 0 bridgehead atoms. The van der Waals surface area contributed by atoms with Crippen LogP contribution in [0.1, 0.15) is 5.56 Å². The Bertz CT molecular complexity index is 370. The van der Waals surface area contributed by atoms with E-state index in [0.717, 1.165) is 39.4 Å². The number of nitrogens with one attached hydrogen (secondary N) is 1. The highest BCUT2D eigenvalue weighted by Gasteiger charge is 2.10. The Morgan fingerprint density at radius 3 is 2.60 bits per heavy atom. The Hall–Kier alpha value is -0.100. The van der Waals surface area contributed by atoms with Crippen LogP contribution in [0.15, 0.2) is 18.2 Å². The number of hydrogen-bond acceptors (Lipinski definition) is 3. The molecule has 0 aromatic heterocycles. The van der Waals surface area contributed by atoms with Gasteiger partial charge in [-0.3, -0.25) is 4.90 Å². The van der Waals surface area contributed by atoms with Gasteiger partial charge < -0.3 is 10.1 Å². The van der Waals surface area contributed by atoms with E-state index in [1.165, 1.54) is 6.07 Å². The monoisotopic (exact) mass is 344 g/mol. The van der Waals surface area contributed by atoms with Gasteiger partial charge in [0.15, 0.2) is 0 Å². The van der Waals surface area contributed by atoms with E-state index in [1.807, 2.05) is 0 Å². The zero-order valence-corrected chi connectivity index (χ0v) is 13.5. The molecule has 1 N–H and O–H groups in total. The lowest BCUT2D eigenvalue weighted by Gasteiger charge is -2.26. The Labute approximate surface area is 136 Å². The summed E-state index contributed by atoms with van der Waals surface area (Å²) >= 11 is 5.95. The van der Waals surface area contributed by atoms with Crippen molar-refractivity contribution in [3.05, 3.63) is 34.6 Å². The molecular weight excluding hydrogens is 326 g/mol. The van der Waals surface area contributed by atoms with E-state index < -0.39 is 0 Å². The molecule has 2 rings (SSSR count). The Balaban J connectivity index is 0.00000180. The summed E-state index contributed by atoms with van der Waals surface area (Å²) in [5.74, 6) is -0.249. The zero-order valence-electron chi connectivity index (χ0n) is 11.1. The zero-order chi connectivity index (χ0) is 12.8. The summed E-state index contributed by atoms with van der Waals surface area (Å²) in [7, 11) is 0. The second-order valence-electron chi connectivity index (χ2n) is 4.33. The summed E-state index contributed by atoms with van der Waals surface area (Å²) in [4.78, 5) is 2.33. The van der Waals surface area contributed by atoms with Crippen LogP contribution in [0.5, 0.6) is 0 Å². The first-order valence-electron chi connectivity index (χ1n) is 6.21. The molecule has 0 amide bonds. The number of rotatable bonds is 5. The molecule has 1 aliphatic rings. The van der Waals surface area contributed by atoms with Crippen molar-refractivity contribution < 1.29 is 9.13 Å². The summed E-state index contributed by atoms with van der Waals surface area (Å²) in [5.41, 5.74) is 0.543. The van der Waals surface area contributed by atoms with Gasteiger partial charge in [-0.2, -0.15) is 0 Å². The Morgan fingerprint density at radius 2 is 1.95 bits per heavy atom. The van der Waals surface area contributed by atoms with Crippen molar-refractivity contribution in [3.63, 3.8) is 0 Å². The van der Waals surface area contributed by atoms with Crippen molar-refractivity contribution in [3.8, 4) is 0 Å². The average Bonchev–Trinajstić information content (AvgIpc) is 2.38. The molecule has 1 aliphatic heterocycles. The number of morpholine rings is 1.